The molecule has 1 unspecified atom stereocenters. The molecular weight excluding hydrogens is 190 g/mol. The van der Waals surface area contributed by atoms with Gasteiger partial charge in [0.05, 0.1) is 0 Å². The molecule has 0 heterocycles. The SMILES string of the molecule is C/C=C/C(C)c1ccc(N=O)c(C=O)c1. The normalized spacial score (nSPS) is 12.7. The minimum atomic E-state index is 0.196. The van der Waals surface area contributed by atoms with Gasteiger partial charge >= 0.3 is 0 Å². The molecule has 0 spiro atoms. The molecule has 1 rings (SSSR count). The minimum absolute atomic E-state index is 0.196. The molecule has 0 saturated heterocycles. The average molecular weight is 203 g/mol. The van der Waals surface area contributed by atoms with Crippen LogP contribution in [0.25, 0.3) is 0 Å². The van der Waals surface area contributed by atoms with Crippen molar-refractivity contribution < 1.29 is 4.79 Å². The smallest absolute Gasteiger partial charge is 0.152 e. The van der Waals surface area contributed by atoms with Crippen molar-refractivity contribution in [3.63, 3.8) is 0 Å². The summed E-state index contributed by atoms with van der Waals surface area (Å²) in [6, 6.07) is 5.09. The van der Waals surface area contributed by atoms with E-state index in [1.54, 1.807) is 12.1 Å². The maximum atomic E-state index is 10.7. The number of hydrogen-bond donors (Lipinski definition) is 0. The maximum Gasteiger partial charge on any atom is 0.152 e. The lowest BCUT2D eigenvalue weighted by atomic mass is 9.98. The highest BCUT2D eigenvalue weighted by Gasteiger charge is 2.06. The summed E-state index contributed by atoms with van der Waals surface area (Å²) >= 11 is 0. The van der Waals surface area contributed by atoms with Crippen molar-refractivity contribution in [2.45, 2.75) is 19.8 Å². The Bertz CT molecular complexity index is 397. The van der Waals surface area contributed by atoms with Crippen LogP contribution in [0.3, 0.4) is 0 Å². The van der Waals surface area contributed by atoms with Gasteiger partial charge in [0.25, 0.3) is 0 Å². The number of carbonyl (C=O) groups is 1. The first-order valence-electron chi connectivity index (χ1n) is 4.78. The Labute approximate surface area is 88.8 Å². The molecule has 3 heteroatoms. The summed E-state index contributed by atoms with van der Waals surface area (Å²) in [7, 11) is 0. The highest BCUT2D eigenvalue weighted by Crippen LogP contribution is 2.24. The van der Waals surface area contributed by atoms with Gasteiger partial charge in [-0.15, -0.1) is 4.91 Å². The van der Waals surface area contributed by atoms with Crippen molar-refractivity contribution >= 4 is 12.0 Å². The second-order valence-electron chi connectivity index (χ2n) is 3.34. The van der Waals surface area contributed by atoms with E-state index in [4.69, 9.17) is 0 Å². The topological polar surface area (TPSA) is 46.5 Å². The molecule has 0 bridgehead atoms. The van der Waals surface area contributed by atoms with Gasteiger partial charge in [0.1, 0.15) is 5.69 Å². The molecular formula is C12H13NO2. The van der Waals surface area contributed by atoms with Crippen LogP contribution in [0.2, 0.25) is 0 Å². The van der Waals surface area contributed by atoms with Gasteiger partial charge in [-0.1, -0.05) is 25.1 Å². The molecule has 0 saturated carbocycles. The third-order valence-electron chi connectivity index (χ3n) is 2.28. The van der Waals surface area contributed by atoms with Crippen LogP contribution in [-0.4, -0.2) is 6.29 Å². The van der Waals surface area contributed by atoms with Gasteiger partial charge in [0, 0.05) is 5.56 Å². The van der Waals surface area contributed by atoms with Crippen LogP contribution in [0.15, 0.2) is 35.5 Å². The number of carbonyl (C=O) groups excluding carboxylic acids is 1. The number of aldehydes is 1. The van der Waals surface area contributed by atoms with E-state index >= 15 is 0 Å². The number of rotatable bonds is 4. The fourth-order valence-electron chi connectivity index (χ4n) is 1.43. The number of hydrogen-bond acceptors (Lipinski definition) is 3. The van der Waals surface area contributed by atoms with Crippen LogP contribution >= 0.6 is 0 Å². The predicted octanol–water partition coefficient (Wildman–Crippen LogP) is 3.58. The Morgan fingerprint density at radius 3 is 2.67 bits per heavy atom. The molecule has 0 fully saturated rings. The molecule has 15 heavy (non-hydrogen) atoms. The van der Waals surface area contributed by atoms with E-state index in [1.165, 1.54) is 0 Å². The van der Waals surface area contributed by atoms with Crippen molar-refractivity contribution in [1.82, 2.24) is 0 Å². The molecule has 0 aliphatic carbocycles. The molecule has 78 valence electrons. The van der Waals surface area contributed by atoms with Crippen LogP contribution in [0.5, 0.6) is 0 Å². The highest BCUT2D eigenvalue weighted by molar-refractivity contribution is 5.83. The Hall–Kier alpha value is -1.77. The van der Waals surface area contributed by atoms with Crippen LogP contribution in [0, 0.1) is 4.91 Å². The fraction of sp³-hybridized carbons (Fsp3) is 0.250. The van der Waals surface area contributed by atoms with E-state index in [-0.39, 0.29) is 11.6 Å². The van der Waals surface area contributed by atoms with Crippen molar-refractivity contribution in [1.29, 1.82) is 0 Å². The van der Waals surface area contributed by atoms with Crippen molar-refractivity contribution in [2.24, 2.45) is 5.18 Å². The Balaban J connectivity index is 3.12. The molecule has 1 atom stereocenters. The average Bonchev–Trinajstić information content (AvgIpc) is 2.28. The first kappa shape index (κ1) is 11.3. The predicted molar refractivity (Wildman–Crippen MR) is 60.5 cm³/mol. The van der Waals surface area contributed by atoms with Crippen molar-refractivity contribution in [3.8, 4) is 0 Å². The van der Waals surface area contributed by atoms with Crippen molar-refractivity contribution in [2.75, 3.05) is 0 Å². The number of nitroso groups, excluding NO2 is 1. The van der Waals surface area contributed by atoms with Crippen LogP contribution in [0.4, 0.5) is 5.69 Å². The molecule has 1 aromatic rings. The summed E-state index contributed by atoms with van der Waals surface area (Å²) in [5.41, 5.74) is 1.54. The minimum Gasteiger partial charge on any atom is -0.298 e. The lowest BCUT2D eigenvalue weighted by Crippen LogP contribution is -1.91. The first-order valence-corrected chi connectivity index (χ1v) is 4.78. The molecule has 0 amide bonds. The zero-order valence-corrected chi connectivity index (χ0v) is 8.81. The van der Waals surface area contributed by atoms with E-state index in [0.29, 0.717) is 11.8 Å². The number of nitrogens with zero attached hydrogens (tertiary/aromatic N) is 1. The maximum absolute atomic E-state index is 10.7. The first-order chi connectivity index (χ1) is 7.22. The van der Waals surface area contributed by atoms with Crippen LogP contribution in [-0.2, 0) is 0 Å². The zero-order valence-electron chi connectivity index (χ0n) is 8.81. The summed E-state index contributed by atoms with van der Waals surface area (Å²) in [5.74, 6) is 0.231. The van der Waals surface area contributed by atoms with Gasteiger partial charge in [-0.25, -0.2) is 0 Å². The lowest BCUT2D eigenvalue weighted by Gasteiger charge is -2.07. The molecule has 3 nitrogen and oxygen atoms in total. The van der Waals surface area contributed by atoms with Gasteiger partial charge < -0.3 is 0 Å². The molecule has 0 aliphatic heterocycles. The van der Waals surface area contributed by atoms with Gasteiger partial charge in [-0.3, -0.25) is 4.79 Å². The molecule has 0 N–H and O–H groups in total. The molecule has 0 radical (unpaired) electrons. The number of benzene rings is 1. The van der Waals surface area contributed by atoms with E-state index in [2.05, 4.69) is 5.18 Å². The van der Waals surface area contributed by atoms with E-state index in [0.717, 1.165) is 5.56 Å². The summed E-state index contributed by atoms with van der Waals surface area (Å²) in [5, 5.41) is 2.79. The quantitative estimate of drug-likeness (QED) is 0.426. The Kier molecular flexibility index (Phi) is 3.92. The molecule has 0 aliphatic rings. The molecule has 0 aromatic heterocycles. The second kappa shape index (κ2) is 5.20. The van der Waals surface area contributed by atoms with E-state index in [9.17, 15) is 9.70 Å². The Morgan fingerprint density at radius 2 is 2.13 bits per heavy atom. The number of allylic oxidation sites excluding steroid dienone is 2. The van der Waals surface area contributed by atoms with Crippen molar-refractivity contribution in [3.05, 3.63) is 46.4 Å². The summed E-state index contributed by atoms with van der Waals surface area (Å²) in [6.07, 6.45) is 4.64. The third kappa shape index (κ3) is 2.59. The summed E-state index contributed by atoms with van der Waals surface area (Å²) < 4.78 is 0. The Morgan fingerprint density at radius 1 is 1.40 bits per heavy atom. The van der Waals surface area contributed by atoms with E-state index < -0.39 is 0 Å². The molecule has 1 aromatic carbocycles. The fourth-order valence-corrected chi connectivity index (χ4v) is 1.43. The standard InChI is InChI=1S/C12H13NO2/c1-3-4-9(2)10-5-6-12(13-15)11(7-10)8-14/h3-9H,1-2H3/b4-3+. The van der Waals surface area contributed by atoms with Crippen LogP contribution < -0.4 is 0 Å². The summed E-state index contributed by atoms with van der Waals surface area (Å²) in [4.78, 5) is 21.1. The van der Waals surface area contributed by atoms with Crippen LogP contribution in [0.1, 0.15) is 35.7 Å². The second-order valence-corrected chi connectivity index (χ2v) is 3.34. The van der Waals surface area contributed by atoms with Gasteiger partial charge in [0.2, 0.25) is 0 Å². The largest absolute Gasteiger partial charge is 0.298 e. The summed E-state index contributed by atoms with van der Waals surface area (Å²) in [6.45, 7) is 3.97. The zero-order chi connectivity index (χ0) is 11.3. The van der Waals surface area contributed by atoms with Gasteiger partial charge in [0.15, 0.2) is 6.29 Å². The highest BCUT2D eigenvalue weighted by atomic mass is 16.3. The van der Waals surface area contributed by atoms with Gasteiger partial charge in [-0.05, 0) is 35.7 Å². The van der Waals surface area contributed by atoms with E-state index in [1.807, 2.05) is 32.1 Å². The third-order valence-corrected chi connectivity index (χ3v) is 2.28. The van der Waals surface area contributed by atoms with Gasteiger partial charge in [-0.2, -0.15) is 0 Å². The monoisotopic (exact) mass is 203 g/mol. The lowest BCUT2D eigenvalue weighted by molar-refractivity contribution is 0.112.